The molecule has 0 aliphatic carbocycles. The summed E-state index contributed by atoms with van der Waals surface area (Å²) in [7, 11) is 0. The molecule has 0 bridgehead atoms. The average Bonchev–Trinajstić information content (AvgIpc) is 3.40. The summed E-state index contributed by atoms with van der Waals surface area (Å²) in [5.74, 6) is 0.632. The van der Waals surface area contributed by atoms with Crippen molar-refractivity contribution in [2.75, 3.05) is 13.2 Å². The SMILES string of the molecule is O=C(COc1ccc(-n2cnnn2)cc1)N1CCCC[C@H]1c1nccs1. The van der Waals surface area contributed by atoms with E-state index in [1.54, 1.807) is 34.3 Å². The van der Waals surface area contributed by atoms with Crippen LogP contribution in [0.1, 0.15) is 30.3 Å². The predicted octanol–water partition coefficient (Wildman–Crippen LogP) is 2.25. The quantitative estimate of drug-likeness (QED) is 0.685. The van der Waals surface area contributed by atoms with E-state index in [2.05, 4.69) is 20.5 Å². The van der Waals surface area contributed by atoms with Crippen LogP contribution in [0.5, 0.6) is 5.75 Å². The number of rotatable bonds is 5. The molecule has 3 aromatic rings. The van der Waals surface area contributed by atoms with E-state index in [0.717, 1.165) is 36.5 Å². The Morgan fingerprint density at radius 3 is 2.88 bits per heavy atom. The molecule has 2 aromatic heterocycles. The van der Waals surface area contributed by atoms with E-state index in [0.29, 0.717) is 5.75 Å². The Morgan fingerprint density at radius 1 is 1.27 bits per heavy atom. The lowest BCUT2D eigenvalue weighted by Gasteiger charge is -2.34. The maximum atomic E-state index is 12.7. The Bertz CT molecular complexity index is 835. The largest absolute Gasteiger partial charge is 0.484 e. The molecular weight excluding hydrogens is 352 g/mol. The number of piperidine rings is 1. The molecular formula is C17H18N6O2S. The fraction of sp³-hybridized carbons (Fsp3) is 0.353. The van der Waals surface area contributed by atoms with Crippen LogP contribution in [0.15, 0.2) is 42.2 Å². The second-order valence-electron chi connectivity index (χ2n) is 6.01. The summed E-state index contributed by atoms with van der Waals surface area (Å²) >= 11 is 1.60. The van der Waals surface area contributed by atoms with Gasteiger partial charge in [0.05, 0.1) is 11.7 Å². The lowest BCUT2D eigenvalue weighted by atomic mass is 10.0. The minimum atomic E-state index is -0.00514. The van der Waals surface area contributed by atoms with E-state index in [9.17, 15) is 4.79 Å². The Morgan fingerprint density at radius 2 is 2.15 bits per heavy atom. The Kier molecular flexibility index (Phi) is 4.87. The second-order valence-corrected chi connectivity index (χ2v) is 6.93. The number of aromatic nitrogens is 5. The summed E-state index contributed by atoms with van der Waals surface area (Å²) in [6, 6.07) is 7.37. The normalized spacial score (nSPS) is 17.2. The molecule has 26 heavy (non-hydrogen) atoms. The minimum Gasteiger partial charge on any atom is -0.484 e. The van der Waals surface area contributed by atoms with Crippen molar-refractivity contribution >= 4 is 17.2 Å². The first kappa shape index (κ1) is 16.6. The first-order chi connectivity index (χ1) is 12.8. The summed E-state index contributed by atoms with van der Waals surface area (Å²) < 4.78 is 7.25. The molecule has 0 unspecified atom stereocenters. The highest BCUT2D eigenvalue weighted by Crippen LogP contribution is 2.32. The zero-order valence-electron chi connectivity index (χ0n) is 14.1. The standard InChI is InChI=1S/C17H18N6O2S/c24-16(22-9-2-1-3-15(22)17-18-8-10-26-17)11-25-14-6-4-13(5-7-14)23-12-19-20-21-23/h4-8,10,12,15H,1-3,9,11H2/t15-/m0/s1. The molecule has 0 N–H and O–H groups in total. The van der Waals surface area contributed by atoms with Gasteiger partial charge in [-0.1, -0.05) is 0 Å². The van der Waals surface area contributed by atoms with Gasteiger partial charge in [-0.3, -0.25) is 4.79 Å². The summed E-state index contributed by atoms with van der Waals surface area (Å²) in [6.07, 6.45) is 6.41. The van der Waals surface area contributed by atoms with Crippen LogP contribution in [0.4, 0.5) is 0 Å². The highest BCUT2D eigenvalue weighted by Gasteiger charge is 2.29. The third-order valence-electron chi connectivity index (χ3n) is 4.37. The average molecular weight is 370 g/mol. The third-order valence-corrected chi connectivity index (χ3v) is 5.25. The second kappa shape index (κ2) is 7.61. The van der Waals surface area contributed by atoms with E-state index in [4.69, 9.17) is 4.74 Å². The lowest BCUT2D eigenvalue weighted by molar-refractivity contribution is -0.137. The molecule has 1 aromatic carbocycles. The van der Waals surface area contributed by atoms with Crippen molar-refractivity contribution in [3.05, 3.63) is 47.2 Å². The number of benzene rings is 1. The van der Waals surface area contributed by atoms with Gasteiger partial charge in [0.1, 0.15) is 17.1 Å². The van der Waals surface area contributed by atoms with Crippen LogP contribution in [0.2, 0.25) is 0 Å². The molecule has 0 saturated carbocycles. The van der Waals surface area contributed by atoms with Crippen molar-refractivity contribution < 1.29 is 9.53 Å². The zero-order valence-corrected chi connectivity index (χ0v) is 14.9. The molecule has 1 fully saturated rings. The summed E-state index contributed by atoms with van der Waals surface area (Å²) in [6.45, 7) is 0.775. The van der Waals surface area contributed by atoms with Gasteiger partial charge in [-0.2, -0.15) is 0 Å². The van der Waals surface area contributed by atoms with Crippen LogP contribution in [-0.2, 0) is 4.79 Å². The van der Waals surface area contributed by atoms with Gasteiger partial charge in [0.2, 0.25) is 0 Å². The molecule has 3 heterocycles. The van der Waals surface area contributed by atoms with Gasteiger partial charge in [0, 0.05) is 18.1 Å². The highest BCUT2D eigenvalue weighted by atomic mass is 32.1. The number of hydrogen-bond acceptors (Lipinski definition) is 7. The highest BCUT2D eigenvalue weighted by molar-refractivity contribution is 7.09. The van der Waals surface area contributed by atoms with Crippen molar-refractivity contribution in [2.45, 2.75) is 25.3 Å². The minimum absolute atomic E-state index is 0.00514. The predicted molar refractivity (Wildman–Crippen MR) is 95.1 cm³/mol. The molecule has 134 valence electrons. The molecule has 1 atom stereocenters. The fourth-order valence-corrected chi connectivity index (χ4v) is 3.87. The molecule has 0 spiro atoms. The van der Waals surface area contributed by atoms with Gasteiger partial charge < -0.3 is 9.64 Å². The smallest absolute Gasteiger partial charge is 0.261 e. The number of carbonyl (C=O) groups excluding carboxylic acids is 1. The number of nitrogens with zero attached hydrogens (tertiary/aromatic N) is 6. The molecule has 0 radical (unpaired) electrons. The summed E-state index contributed by atoms with van der Waals surface area (Å²) in [4.78, 5) is 19.0. The third kappa shape index (κ3) is 3.57. The molecule has 4 rings (SSSR count). The molecule has 1 amide bonds. The van der Waals surface area contributed by atoms with Gasteiger partial charge in [-0.05, 0) is 54.0 Å². The van der Waals surface area contributed by atoms with E-state index in [1.165, 1.54) is 6.33 Å². The number of tetrazole rings is 1. The molecule has 8 nitrogen and oxygen atoms in total. The van der Waals surface area contributed by atoms with Crippen molar-refractivity contribution in [2.24, 2.45) is 0 Å². The maximum Gasteiger partial charge on any atom is 0.261 e. The topological polar surface area (TPSA) is 86.0 Å². The van der Waals surface area contributed by atoms with Crippen molar-refractivity contribution in [1.29, 1.82) is 0 Å². The molecule has 1 aliphatic rings. The van der Waals surface area contributed by atoms with Gasteiger partial charge in [0.25, 0.3) is 5.91 Å². The number of thiazole rings is 1. The number of ether oxygens (including phenoxy) is 1. The van der Waals surface area contributed by atoms with E-state index in [1.807, 2.05) is 22.4 Å². The van der Waals surface area contributed by atoms with Crippen LogP contribution >= 0.6 is 11.3 Å². The van der Waals surface area contributed by atoms with Gasteiger partial charge in [-0.15, -0.1) is 16.4 Å². The Hall–Kier alpha value is -2.81. The van der Waals surface area contributed by atoms with Crippen molar-refractivity contribution in [1.82, 2.24) is 30.1 Å². The lowest BCUT2D eigenvalue weighted by Crippen LogP contribution is -2.41. The monoisotopic (exact) mass is 370 g/mol. The number of amides is 1. The molecule has 1 aliphatic heterocycles. The van der Waals surface area contributed by atoms with Gasteiger partial charge in [0.15, 0.2) is 6.61 Å². The zero-order chi connectivity index (χ0) is 17.8. The molecule has 9 heteroatoms. The van der Waals surface area contributed by atoms with Gasteiger partial charge >= 0.3 is 0 Å². The number of hydrogen-bond donors (Lipinski definition) is 0. The fourth-order valence-electron chi connectivity index (χ4n) is 3.09. The van der Waals surface area contributed by atoms with Gasteiger partial charge in [-0.25, -0.2) is 9.67 Å². The molecule has 1 saturated heterocycles. The number of carbonyl (C=O) groups is 1. The first-order valence-corrected chi connectivity index (χ1v) is 9.34. The van der Waals surface area contributed by atoms with Crippen molar-refractivity contribution in [3.63, 3.8) is 0 Å². The first-order valence-electron chi connectivity index (χ1n) is 8.46. The van der Waals surface area contributed by atoms with Crippen LogP contribution in [0.3, 0.4) is 0 Å². The maximum absolute atomic E-state index is 12.7. The van der Waals surface area contributed by atoms with E-state index >= 15 is 0 Å². The summed E-state index contributed by atoms with van der Waals surface area (Å²) in [5, 5.41) is 14.0. The van der Waals surface area contributed by atoms with Crippen LogP contribution in [0, 0.1) is 0 Å². The van der Waals surface area contributed by atoms with Crippen LogP contribution in [-0.4, -0.2) is 49.1 Å². The van der Waals surface area contributed by atoms with Crippen LogP contribution in [0.25, 0.3) is 5.69 Å². The Balaban J connectivity index is 1.38. The Labute approximate surface area is 154 Å². The van der Waals surface area contributed by atoms with Crippen molar-refractivity contribution in [3.8, 4) is 11.4 Å². The van der Waals surface area contributed by atoms with E-state index in [-0.39, 0.29) is 18.6 Å². The number of likely N-dealkylation sites (tertiary alicyclic amines) is 1. The summed E-state index contributed by atoms with van der Waals surface area (Å²) in [5.41, 5.74) is 0.827. The van der Waals surface area contributed by atoms with E-state index < -0.39 is 0 Å². The van der Waals surface area contributed by atoms with Crippen LogP contribution < -0.4 is 4.74 Å².